The minimum absolute atomic E-state index is 0.125. The molecule has 0 fully saturated rings. The molecule has 0 bridgehead atoms. The zero-order chi connectivity index (χ0) is 16.4. The Labute approximate surface area is 152 Å². The average molecular weight is 443 g/mol. The summed E-state index contributed by atoms with van der Waals surface area (Å²) in [7, 11) is 0. The van der Waals surface area contributed by atoms with Crippen molar-refractivity contribution in [1.29, 1.82) is 0 Å². The summed E-state index contributed by atoms with van der Waals surface area (Å²) in [5, 5.41) is 3.39. The Kier molecular flexibility index (Phi) is 5.02. The van der Waals surface area contributed by atoms with Crippen LogP contribution in [0.4, 0.5) is 5.69 Å². The van der Waals surface area contributed by atoms with Crippen LogP contribution in [0.15, 0.2) is 39.3 Å². The van der Waals surface area contributed by atoms with E-state index in [1.807, 2.05) is 32.0 Å². The summed E-state index contributed by atoms with van der Waals surface area (Å²) in [6.07, 6.45) is 0.125. The van der Waals surface area contributed by atoms with E-state index in [1.165, 1.54) is 0 Å². The standard InChI is InChI=1S/C17H17Br2NO3/c1-10(2)23-17-13(18)5-11(6-14(17)19)8-20-12-3-4-15-16(7-12)22-9-21-15/h3-7,10,20H,8-9H2,1-2H3. The zero-order valence-corrected chi connectivity index (χ0v) is 16.0. The van der Waals surface area contributed by atoms with E-state index in [2.05, 4.69) is 49.3 Å². The predicted octanol–water partition coefficient (Wildman–Crippen LogP) is 5.34. The highest BCUT2D eigenvalue weighted by atomic mass is 79.9. The minimum atomic E-state index is 0.125. The summed E-state index contributed by atoms with van der Waals surface area (Å²) < 4.78 is 18.4. The van der Waals surface area contributed by atoms with E-state index in [9.17, 15) is 0 Å². The molecule has 0 saturated carbocycles. The highest BCUT2D eigenvalue weighted by Crippen LogP contribution is 2.36. The van der Waals surface area contributed by atoms with Gasteiger partial charge in [-0.2, -0.15) is 0 Å². The summed E-state index contributed by atoms with van der Waals surface area (Å²) in [6.45, 7) is 5.00. The fraction of sp³-hybridized carbons (Fsp3) is 0.294. The van der Waals surface area contributed by atoms with Crippen LogP contribution in [0.5, 0.6) is 17.2 Å². The Hall–Kier alpha value is -1.40. The third kappa shape index (κ3) is 3.93. The average Bonchev–Trinajstić information content (AvgIpc) is 2.96. The molecule has 1 aliphatic rings. The Bertz CT molecular complexity index is 696. The van der Waals surface area contributed by atoms with Crippen molar-refractivity contribution in [3.05, 3.63) is 44.8 Å². The van der Waals surface area contributed by atoms with Gasteiger partial charge in [0.2, 0.25) is 6.79 Å². The smallest absolute Gasteiger partial charge is 0.231 e. The topological polar surface area (TPSA) is 39.7 Å². The second kappa shape index (κ2) is 7.01. The van der Waals surface area contributed by atoms with Crippen molar-refractivity contribution in [2.45, 2.75) is 26.5 Å². The molecule has 1 N–H and O–H groups in total. The van der Waals surface area contributed by atoms with Gasteiger partial charge in [0.25, 0.3) is 0 Å². The summed E-state index contributed by atoms with van der Waals surface area (Å²) in [4.78, 5) is 0. The number of rotatable bonds is 5. The van der Waals surface area contributed by atoms with E-state index in [1.54, 1.807) is 0 Å². The lowest BCUT2D eigenvalue weighted by atomic mass is 10.2. The number of ether oxygens (including phenoxy) is 3. The molecule has 0 unspecified atom stereocenters. The van der Waals surface area contributed by atoms with Crippen LogP contribution in [0.2, 0.25) is 0 Å². The SMILES string of the molecule is CC(C)Oc1c(Br)cc(CNc2ccc3c(c2)OCO3)cc1Br. The molecule has 0 aliphatic carbocycles. The lowest BCUT2D eigenvalue weighted by Crippen LogP contribution is -2.07. The third-order valence-corrected chi connectivity index (χ3v) is 4.46. The van der Waals surface area contributed by atoms with Crippen LogP contribution < -0.4 is 19.5 Å². The van der Waals surface area contributed by atoms with Gasteiger partial charge in [-0.25, -0.2) is 0 Å². The van der Waals surface area contributed by atoms with Gasteiger partial charge in [-0.15, -0.1) is 0 Å². The maximum Gasteiger partial charge on any atom is 0.231 e. The predicted molar refractivity (Wildman–Crippen MR) is 97.5 cm³/mol. The lowest BCUT2D eigenvalue weighted by Gasteiger charge is -2.15. The van der Waals surface area contributed by atoms with Crippen LogP contribution in [0.25, 0.3) is 0 Å². The zero-order valence-electron chi connectivity index (χ0n) is 12.9. The first-order chi connectivity index (χ1) is 11.0. The first kappa shape index (κ1) is 16.5. The normalized spacial score (nSPS) is 12.6. The number of nitrogens with one attached hydrogen (secondary N) is 1. The fourth-order valence-electron chi connectivity index (χ4n) is 2.27. The van der Waals surface area contributed by atoms with Crippen molar-refractivity contribution in [1.82, 2.24) is 0 Å². The molecule has 0 radical (unpaired) electrons. The number of anilines is 1. The second-order valence-corrected chi connectivity index (χ2v) is 7.19. The number of hydrogen-bond donors (Lipinski definition) is 1. The largest absolute Gasteiger partial charge is 0.489 e. The molecule has 1 aliphatic heterocycles. The van der Waals surface area contributed by atoms with E-state index in [0.29, 0.717) is 6.54 Å². The van der Waals surface area contributed by atoms with Gasteiger partial charge in [0.05, 0.1) is 15.0 Å². The number of benzene rings is 2. The molecule has 2 aromatic rings. The fourth-order valence-corrected chi connectivity index (χ4v) is 3.74. The van der Waals surface area contributed by atoms with Gasteiger partial charge in [-0.1, -0.05) is 0 Å². The van der Waals surface area contributed by atoms with Crippen molar-refractivity contribution in [2.75, 3.05) is 12.1 Å². The molecule has 0 aromatic heterocycles. The highest BCUT2D eigenvalue weighted by molar-refractivity contribution is 9.11. The van der Waals surface area contributed by atoms with Gasteiger partial charge >= 0.3 is 0 Å². The molecule has 0 amide bonds. The van der Waals surface area contributed by atoms with Gasteiger partial charge in [-0.05, 0) is 75.5 Å². The van der Waals surface area contributed by atoms with Gasteiger partial charge in [0.15, 0.2) is 11.5 Å². The molecule has 3 rings (SSSR count). The van der Waals surface area contributed by atoms with Crippen molar-refractivity contribution in [3.8, 4) is 17.2 Å². The molecule has 2 aromatic carbocycles. The molecule has 0 spiro atoms. The molecule has 4 nitrogen and oxygen atoms in total. The van der Waals surface area contributed by atoms with Crippen LogP contribution in [0.3, 0.4) is 0 Å². The van der Waals surface area contributed by atoms with Crippen molar-refractivity contribution in [3.63, 3.8) is 0 Å². The second-order valence-electron chi connectivity index (χ2n) is 5.48. The molecular formula is C17H17Br2NO3. The number of halogens is 2. The van der Waals surface area contributed by atoms with Crippen LogP contribution in [-0.4, -0.2) is 12.9 Å². The molecule has 23 heavy (non-hydrogen) atoms. The van der Waals surface area contributed by atoms with Gasteiger partial charge in [-0.3, -0.25) is 0 Å². The quantitative estimate of drug-likeness (QED) is 0.678. The molecular weight excluding hydrogens is 426 g/mol. The molecule has 0 saturated heterocycles. The summed E-state index contributed by atoms with van der Waals surface area (Å²) in [6, 6.07) is 9.96. The monoisotopic (exact) mass is 441 g/mol. The summed E-state index contributed by atoms with van der Waals surface area (Å²) in [5.74, 6) is 2.39. The maximum absolute atomic E-state index is 5.80. The van der Waals surface area contributed by atoms with Crippen molar-refractivity contribution in [2.24, 2.45) is 0 Å². The Morgan fingerprint density at radius 1 is 1.09 bits per heavy atom. The first-order valence-corrected chi connectivity index (χ1v) is 8.89. The number of fused-ring (bicyclic) bond motifs is 1. The minimum Gasteiger partial charge on any atom is -0.489 e. The van der Waals surface area contributed by atoms with Crippen LogP contribution in [0.1, 0.15) is 19.4 Å². The Morgan fingerprint density at radius 3 is 2.48 bits per heavy atom. The van der Waals surface area contributed by atoms with E-state index in [0.717, 1.165) is 37.4 Å². The van der Waals surface area contributed by atoms with E-state index < -0.39 is 0 Å². The Balaban J connectivity index is 1.71. The lowest BCUT2D eigenvalue weighted by molar-refractivity contribution is 0.174. The first-order valence-electron chi connectivity index (χ1n) is 7.31. The third-order valence-electron chi connectivity index (χ3n) is 3.28. The van der Waals surface area contributed by atoms with Crippen LogP contribution >= 0.6 is 31.9 Å². The van der Waals surface area contributed by atoms with E-state index >= 15 is 0 Å². The van der Waals surface area contributed by atoms with Gasteiger partial charge in [0.1, 0.15) is 5.75 Å². The molecule has 122 valence electrons. The number of hydrogen-bond acceptors (Lipinski definition) is 4. The van der Waals surface area contributed by atoms with E-state index in [4.69, 9.17) is 14.2 Å². The van der Waals surface area contributed by atoms with Crippen LogP contribution in [-0.2, 0) is 6.54 Å². The highest BCUT2D eigenvalue weighted by Gasteiger charge is 2.14. The molecule has 6 heteroatoms. The van der Waals surface area contributed by atoms with Gasteiger partial charge in [0, 0.05) is 18.3 Å². The Morgan fingerprint density at radius 2 is 1.78 bits per heavy atom. The van der Waals surface area contributed by atoms with Crippen molar-refractivity contribution < 1.29 is 14.2 Å². The van der Waals surface area contributed by atoms with Crippen molar-refractivity contribution >= 4 is 37.5 Å². The summed E-state index contributed by atoms with van der Waals surface area (Å²) in [5.41, 5.74) is 2.13. The van der Waals surface area contributed by atoms with Gasteiger partial charge < -0.3 is 19.5 Å². The molecule has 0 atom stereocenters. The maximum atomic E-state index is 5.80. The molecule has 1 heterocycles. The summed E-state index contributed by atoms with van der Waals surface area (Å²) >= 11 is 7.15. The van der Waals surface area contributed by atoms with E-state index in [-0.39, 0.29) is 12.9 Å². The van der Waals surface area contributed by atoms with Crippen LogP contribution in [0, 0.1) is 0 Å².